The first-order valence-corrected chi connectivity index (χ1v) is 7.55. The lowest BCUT2D eigenvalue weighted by molar-refractivity contribution is 0.0818. The van der Waals surface area contributed by atoms with E-state index >= 15 is 0 Å². The molecular weight excluding hydrogens is 335 g/mol. The Bertz CT molecular complexity index is 638. The average molecular weight is 351 g/mol. The Hall–Kier alpha value is -1.68. The molecule has 0 aliphatic heterocycles. The number of carbonyl (C=O) groups is 1. The van der Waals surface area contributed by atoms with Crippen LogP contribution in [0.3, 0.4) is 0 Å². The first kappa shape index (κ1) is 15.7. The third-order valence-electron chi connectivity index (χ3n) is 3.22. The minimum atomic E-state index is -0.630. The molecule has 0 N–H and O–H groups in total. The smallest absolute Gasteiger partial charge is 0.202 e. The molecule has 0 saturated carbocycles. The van der Waals surface area contributed by atoms with Crippen LogP contribution in [0.5, 0.6) is 5.75 Å². The normalized spacial score (nSPS) is 12.0. The summed E-state index contributed by atoms with van der Waals surface area (Å²) in [7, 11) is 0. The highest BCUT2D eigenvalue weighted by molar-refractivity contribution is 9.10. The van der Waals surface area contributed by atoms with Gasteiger partial charge in [-0.15, -0.1) is 0 Å². The predicted octanol–water partition coefficient (Wildman–Crippen LogP) is 4.80. The van der Waals surface area contributed by atoms with Crippen LogP contribution in [0.15, 0.2) is 46.9 Å². The third-order valence-corrected chi connectivity index (χ3v) is 3.83. The molecule has 0 fully saturated rings. The maximum Gasteiger partial charge on any atom is 0.202 e. The van der Waals surface area contributed by atoms with E-state index in [4.69, 9.17) is 4.74 Å². The molecule has 110 valence electrons. The number of hydrogen-bond donors (Lipinski definition) is 0. The summed E-state index contributed by atoms with van der Waals surface area (Å²) in [5.74, 6) is -0.0103. The van der Waals surface area contributed by atoms with Gasteiger partial charge in [0.15, 0.2) is 6.10 Å². The number of aryl methyl sites for hydroxylation is 1. The van der Waals surface area contributed by atoms with Crippen molar-refractivity contribution in [2.24, 2.45) is 0 Å². The lowest BCUT2D eigenvalue weighted by Gasteiger charge is -2.14. The molecule has 1 unspecified atom stereocenters. The van der Waals surface area contributed by atoms with Crippen LogP contribution in [0.2, 0.25) is 0 Å². The number of benzene rings is 2. The molecule has 0 spiro atoms. The van der Waals surface area contributed by atoms with Gasteiger partial charge in [-0.1, -0.05) is 31.2 Å². The van der Waals surface area contributed by atoms with E-state index in [-0.39, 0.29) is 11.6 Å². The first-order valence-electron chi connectivity index (χ1n) is 6.76. The van der Waals surface area contributed by atoms with Crippen LogP contribution in [0.25, 0.3) is 0 Å². The molecular formula is C17H16BrFO2. The zero-order valence-corrected chi connectivity index (χ0v) is 13.5. The molecule has 0 aromatic heterocycles. The number of ether oxygens (including phenoxy) is 1. The van der Waals surface area contributed by atoms with Crippen LogP contribution < -0.4 is 4.74 Å². The second kappa shape index (κ2) is 6.85. The van der Waals surface area contributed by atoms with Gasteiger partial charge in [-0.3, -0.25) is 4.79 Å². The number of ketones is 1. The van der Waals surface area contributed by atoms with E-state index in [2.05, 4.69) is 22.9 Å². The van der Waals surface area contributed by atoms with Gasteiger partial charge in [-0.05, 0) is 53.0 Å². The zero-order valence-electron chi connectivity index (χ0n) is 11.9. The topological polar surface area (TPSA) is 26.3 Å². The maximum absolute atomic E-state index is 13.2. The van der Waals surface area contributed by atoms with Crippen molar-refractivity contribution >= 4 is 21.7 Å². The summed E-state index contributed by atoms with van der Waals surface area (Å²) in [5, 5.41) is 0. The van der Waals surface area contributed by atoms with E-state index in [0.29, 0.717) is 15.8 Å². The average Bonchev–Trinajstić information content (AvgIpc) is 2.50. The second-order valence-electron chi connectivity index (χ2n) is 4.75. The van der Waals surface area contributed by atoms with E-state index in [9.17, 15) is 9.18 Å². The summed E-state index contributed by atoms with van der Waals surface area (Å²) in [5.41, 5.74) is 1.79. The molecule has 2 aromatic rings. The van der Waals surface area contributed by atoms with E-state index in [1.807, 2.05) is 24.3 Å². The van der Waals surface area contributed by atoms with Crippen molar-refractivity contribution in [2.45, 2.75) is 26.4 Å². The van der Waals surface area contributed by atoms with Crippen molar-refractivity contribution in [1.82, 2.24) is 0 Å². The molecule has 0 aliphatic carbocycles. The second-order valence-corrected chi connectivity index (χ2v) is 5.61. The Morgan fingerprint density at radius 1 is 1.24 bits per heavy atom. The molecule has 2 aromatic carbocycles. The van der Waals surface area contributed by atoms with Crippen molar-refractivity contribution < 1.29 is 13.9 Å². The minimum Gasteiger partial charge on any atom is -0.483 e. The Morgan fingerprint density at radius 3 is 2.48 bits per heavy atom. The Labute approximate surface area is 132 Å². The summed E-state index contributed by atoms with van der Waals surface area (Å²) in [6.07, 6.45) is 0.305. The SMILES string of the molecule is CCc1ccc(C(=O)C(C)Oc2ccc(F)c(Br)c2)cc1. The van der Waals surface area contributed by atoms with Crippen LogP contribution in [0.1, 0.15) is 29.8 Å². The van der Waals surface area contributed by atoms with Gasteiger partial charge < -0.3 is 4.74 Å². The summed E-state index contributed by atoms with van der Waals surface area (Å²) in [4.78, 5) is 12.3. The third kappa shape index (κ3) is 3.91. The van der Waals surface area contributed by atoms with Gasteiger partial charge in [0.25, 0.3) is 0 Å². The summed E-state index contributed by atoms with van der Waals surface area (Å²) in [6.45, 7) is 3.75. The molecule has 0 bridgehead atoms. The van der Waals surface area contributed by atoms with Crippen molar-refractivity contribution in [1.29, 1.82) is 0 Å². The molecule has 0 heterocycles. The van der Waals surface area contributed by atoms with Crippen LogP contribution >= 0.6 is 15.9 Å². The number of Topliss-reactive ketones (excluding diaryl/α,β-unsaturated/α-hetero) is 1. The predicted molar refractivity (Wildman–Crippen MR) is 84.3 cm³/mol. The van der Waals surface area contributed by atoms with Gasteiger partial charge >= 0.3 is 0 Å². The van der Waals surface area contributed by atoms with Crippen LogP contribution in [-0.2, 0) is 6.42 Å². The standard InChI is InChI=1S/C17H16BrFO2/c1-3-12-4-6-13(7-5-12)17(20)11(2)21-14-8-9-16(19)15(18)10-14/h4-11H,3H2,1-2H3. The van der Waals surface area contributed by atoms with Gasteiger partial charge in [0.1, 0.15) is 11.6 Å². The Kier molecular flexibility index (Phi) is 5.12. The fourth-order valence-corrected chi connectivity index (χ4v) is 2.31. The molecule has 21 heavy (non-hydrogen) atoms. The quantitative estimate of drug-likeness (QED) is 0.724. The van der Waals surface area contributed by atoms with E-state index < -0.39 is 6.10 Å². The van der Waals surface area contributed by atoms with Gasteiger partial charge in [-0.25, -0.2) is 4.39 Å². The van der Waals surface area contributed by atoms with Gasteiger partial charge in [-0.2, -0.15) is 0 Å². The van der Waals surface area contributed by atoms with Crippen LogP contribution in [0, 0.1) is 5.82 Å². The molecule has 4 heteroatoms. The lowest BCUT2D eigenvalue weighted by Crippen LogP contribution is -2.23. The molecule has 0 saturated heterocycles. The lowest BCUT2D eigenvalue weighted by atomic mass is 10.0. The Balaban J connectivity index is 2.09. The molecule has 1 atom stereocenters. The highest BCUT2D eigenvalue weighted by Gasteiger charge is 2.17. The van der Waals surface area contributed by atoms with E-state index in [1.54, 1.807) is 6.92 Å². The van der Waals surface area contributed by atoms with E-state index in [1.165, 1.54) is 23.8 Å². The van der Waals surface area contributed by atoms with Crippen LogP contribution in [-0.4, -0.2) is 11.9 Å². The summed E-state index contributed by atoms with van der Waals surface area (Å²) in [6, 6.07) is 11.8. The highest BCUT2D eigenvalue weighted by Crippen LogP contribution is 2.23. The van der Waals surface area contributed by atoms with Gasteiger partial charge in [0.2, 0.25) is 5.78 Å². The number of rotatable bonds is 5. The molecule has 0 radical (unpaired) electrons. The maximum atomic E-state index is 13.2. The number of carbonyl (C=O) groups excluding carboxylic acids is 1. The largest absolute Gasteiger partial charge is 0.483 e. The minimum absolute atomic E-state index is 0.0990. The Morgan fingerprint density at radius 2 is 1.90 bits per heavy atom. The fourth-order valence-electron chi connectivity index (χ4n) is 1.95. The first-order chi connectivity index (χ1) is 10.0. The van der Waals surface area contributed by atoms with Crippen molar-refractivity contribution in [3.05, 3.63) is 63.9 Å². The highest BCUT2D eigenvalue weighted by atomic mass is 79.9. The van der Waals surface area contributed by atoms with Gasteiger partial charge in [0.05, 0.1) is 4.47 Å². The molecule has 2 rings (SSSR count). The number of halogens is 2. The monoisotopic (exact) mass is 350 g/mol. The van der Waals surface area contributed by atoms with E-state index in [0.717, 1.165) is 6.42 Å². The molecule has 0 amide bonds. The van der Waals surface area contributed by atoms with Crippen LogP contribution in [0.4, 0.5) is 4.39 Å². The van der Waals surface area contributed by atoms with Crippen molar-refractivity contribution in [3.8, 4) is 5.75 Å². The number of hydrogen-bond acceptors (Lipinski definition) is 2. The molecule has 0 aliphatic rings. The summed E-state index contributed by atoms with van der Waals surface area (Å²) < 4.78 is 19.1. The molecule has 2 nitrogen and oxygen atoms in total. The summed E-state index contributed by atoms with van der Waals surface area (Å²) >= 11 is 3.09. The van der Waals surface area contributed by atoms with Gasteiger partial charge in [0, 0.05) is 5.56 Å². The van der Waals surface area contributed by atoms with Crippen molar-refractivity contribution in [3.63, 3.8) is 0 Å². The zero-order chi connectivity index (χ0) is 15.4. The van der Waals surface area contributed by atoms with Crippen molar-refractivity contribution in [2.75, 3.05) is 0 Å². The fraction of sp³-hybridized carbons (Fsp3) is 0.235.